The minimum Gasteiger partial charge on any atom is -0.328 e. The summed E-state index contributed by atoms with van der Waals surface area (Å²) in [6.45, 7) is 0.607. The van der Waals surface area contributed by atoms with E-state index in [9.17, 15) is 9.59 Å². The van der Waals surface area contributed by atoms with Gasteiger partial charge in [0, 0.05) is 31.0 Å². The van der Waals surface area contributed by atoms with Gasteiger partial charge >= 0.3 is 0 Å². The van der Waals surface area contributed by atoms with Gasteiger partial charge in [0.1, 0.15) is 0 Å². The van der Waals surface area contributed by atoms with Crippen LogP contribution in [0.2, 0.25) is 0 Å². The van der Waals surface area contributed by atoms with Gasteiger partial charge in [-0.2, -0.15) is 0 Å². The molecule has 1 aliphatic heterocycles. The number of aromatic amines is 1. The summed E-state index contributed by atoms with van der Waals surface area (Å²) in [4.78, 5) is 26.9. The fraction of sp³-hybridized carbons (Fsp3) is 0.273. The van der Waals surface area contributed by atoms with Crippen molar-refractivity contribution in [2.24, 2.45) is 5.73 Å². The van der Waals surface area contributed by atoms with Gasteiger partial charge in [0.25, 0.3) is 5.91 Å². The van der Waals surface area contributed by atoms with Crippen molar-refractivity contribution >= 4 is 5.91 Å². The fourth-order valence-electron chi connectivity index (χ4n) is 1.55. The predicted octanol–water partition coefficient (Wildman–Crippen LogP) is 0.0618. The quantitative estimate of drug-likeness (QED) is 0.701. The lowest BCUT2D eigenvalue weighted by molar-refractivity contribution is 0.0813. The van der Waals surface area contributed by atoms with Crippen LogP contribution >= 0.6 is 0 Å². The summed E-state index contributed by atoms with van der Waals surface area (Å²) in [6.07, 6.45) is 5.67. The molecule has 2 rings (SSSR count). The average molecular weight is 219 g/mol. The molecule has 0 saturated carbocycles. The lowest BCUT2D eigenvalue weighted by atomic mass is 10.1. The van der Waals surface area contributed by atoms with Crippen LogP contribution in [0.5, 0.6) is 0 Å². The normalized spacial score (nSPS) is 19.8. The van der Waals surface area contributed by atoms with Crippen LogP contribution in [0.15, 0.2) is 35.4 Å². The number of rotatable bonds is 1. The van der Waals surface area contributed by atoms with E-state index < -0.39 is 0 Å². The first kappa shape index (κ1) is 10.6. The van der Waals surface area contributed by atoms with E-state index in [1.807, 2.05) is 0 Å². The zero-order valence-electron chi connectivity index (χ0n) is 8.72. The smallest absolute Gasteiger partial charge is 0.259 e. The highest BCUT2D eigenvalue weighted by Gasteiger charge is 2.17. The van der Waals surface area contributed by atoms with E-state index >= 15 is 0 Å². The van der Waals surface area contributed by atoms with Gasteiger partial charge in [0.05, 0.1) is 5.56 Å². The molecular formula is C11H13N3O2. The summed E-state index contributed by atoms with van der Waals surface area (Å²) >= 11 is 0. The van der Waals surface area contributed by atoms with Crippen molar-refractivity contribution < 1.29 is 4.79 Å². The van der Waals surface area contributed by atoms with Crippen molar-refractivity contribution in [3.8, 4) is 0 Å². The Balaban J connectivity index is 2.16. The molecule has 1 aromatic rings. The molecule has 16 heavy (non-hydrogen) atoms. The molecule has 0 spiro atoms. The molecule has 0 saturated heterocycles. The Labute approximate surface area is 92.6 Å². The Kier molecular flexibility index (Phi) is 2.87. The van der Waals surface area contributed by atoms with E-state index in [0.29, 0.717) is 12.1 Å². The Morgan fingerprint density at radius 3 is 2.88 bits per heavy atom. The lowest BCUT2D eigenvalue weighted by Crippen LogP contribution is -2.35. The standard InChI is InChI=1S/C11H13N3O2/c12-9-3-5-14(6-4-9)11(16)8-1-2-10(15)13-7-8/h1-3,5,7,9H,4,6,12H2,(H,13,15)/t9-/m1/s1. The van der Waals surface area contributed by atoms with E-state index in [1.165, 1.54) is 18.3 Å². The third kappa shape index (κ3) is 2.20. The molecule has 1 aliphatic rings. The first-order chi connectivity index (χ1) is 7.66. The van der Waals surface area contributed by atoms with Crippen LogP contribution in [0.25, 0.3) is 0 Å². The van der Waals surface area contributed by atoms with Crippen LogP contribution in [0.1, 0.15) is 16.8 Å². The minimum absolute atomic E-state index is 0.0274. The van der Waals surface area contributed by atoms with Crippen LogP contribution < -0.4 is 11.3 Å². The Morgan fingerprint density at radius 2 is 2.31 bits per heavy atom. The van der Waals surface area contributed by atoms with E-state index in [2.05, 4.69) is 4.98 Å². The maximum atomic E-state index is 11.9. The Morgan fingerprint density at radius 1 is 1.50 bits per heavy atom. The van der Waals surface area contributed by atoms with Crippen LogP contribution in [0, 0.1) is 0 Å². The Hall–Kier alpha value is -1.88. The topological polar surface area (TPSA) is 79.2 Å². The monoisotopic (exact) mass is 219 g/mol. The number of aromatic nitrogens is 1. The number of carbonyl (C=O) groups excluding carboxylic acids is 1. The molecule has 0 unspecified atom stereocenters. The number of nitrogens with one attached hydrogen (secondary N) is 1. The summed E-state index contributed by atoms with van der Waals surface area (Å²) in [6, 6.07) is 2.88. The molecule has 84 valence electrons. The molecule has 3 N–H and O–H groups in total. The van der Waals surface area contributed by atoms with E-state index in [4.69, 9.17) is 5.73 Å². The summed E-state index contributed by atoms with van der Waals surface area (Å²) < 4.78 is 0. The van der Waals surface area contributed by atoms with Crippen LogP contribution in [0.3, 0.4) is 0 Å². The van der Waals surface area contributed by atoms with Gasteiger partial charge in [-0.05, 0) is 12.5 Å². The minimum atomic E-state index is -0.215. The van der Waals surface area contributed by atoms with E-state index in [1.54, 1.807) is 17.2 Å². The van der Waals surface area contributed by atoms with Crippen LogP contribution in [-0.2, 0) is 0 Å². The third-order valence-corrected chi connectivity index (χ3v) is 2.51. The molecule has 2 heterocycles. The molecule has 1 atom stereocenters. The number of amides is 1. The third-order valence-electron chi connectivity index (χ3n) is 2.51. The summed E-state index contributed by atoms with van der Waals surface area (Å²) in [7, 11) is 0. The van der Waals surface area contributed by atoms with Gasteiger partial charge in [-0.1, -0.05) is 6.08 Å². The molecule has 5 heteroatoms. The van der Waals surface area contributed by atoms with Crippen molar-refractivity contribution in [3.63, 3.8) is 0 Å². The Bertz CT molecular complexity index is 458. The highest BCUT2D eigenvalue weighted by atomic mass is 16.2. The predicted molar refractivity (Wildman–Crippen MR) is 59.8 cm³/mol. The summed E-state index contributed by atoms with van der Waals surface area (Å²) in [5, 5.41) is 0. The van der Waals surface area contributed by atoms with Crippen molar-refractivity contribution in [2.45, 2.75) is 12.5 Å². The van der Waals surface area contributed by atoms with Gasteiger partial charge in [-0.15, -0.1) is 0 Å². The zero-order valence-corrected chi connectivity index (χ0v) is 8.72. The second-order valence-electron chi connectivity index (χ2n) is 3.73. The van der Waals surface area contributed by atoms with Gasteiger partial charge in [-0.25, -0.2) is 0 Å². The largest absolute Gasteiger partial charge is 0.328 e. The second-order valence-corrected chi connectivity index (χ2v) is 3.73. The first-order valence-electron chi connectivity index (χ1n) is 5.10. The number of H-pyrrole nitrogens is 1. The molecule has 1 aromatic heterocycles. The van der Waals surface area contributed by atoms with Gasteiger partial charge in [0.15, 0.2) is 0 Å². The zero-order chi connectivity index (χ0) is 11.5. The molecule has 0 fully saturated rings. The van der Waals surface area contributed by atoms with Gasteiger partial charge < -0.3 is 15.6 Å². The van der Waals surface area contributed by atoms with E-state index in [-0.39, 0.29) is 17.5 Å². The number of hydrogen-bond donors (Lipinski definition) is 2. The number of nitrogens with zero attached hydrogens (tertiary/aromatic N) is 1. The highest BCUT2D eigenvalue weighted by molar-refractivity contribution is 5.94. The van der Waals surface area contributed by atoms with E-state index in [0.717, 1.165) is 6.42 Å². The fourth-order valence-corrected chi connectivity index (χ4v) is 1.55. The highest BCUT2D eigenvalue weighted by Crippen LogP contribution is 2.09. The van der Waals surface area contributed by atoms with Crippen molar-refractivity contribution in [1.82, 2.24) is 9.88 Å². The maximum absolute atomic E-state index is 11.9. The molecular weight excluding hydrogens is 206 g/mol. The molecule has 0 radical (unpaired) electrons. The first-order valence-corrected chi connectivity index (χ1v) is 5.10. The molecule has 0 bridgehead atoms. The SMILES string of the molecule is N[C@@H]1C=CN(C(=O)c2ccc(=O)[nH]c2)CC1. The van der Waals surface area contributed by atoms with Crippen molar-refractivity contribution in [1.29, 1.82) is 0 Å². The number of carbonyl (C=O) groups is 1. The summed E-state index contributed by atoms with van der Waals surface area (Å²) in [5.41, 5.74) is 5.94. The second kappa shape index (κ2) is 4.32. The lowest BCUT2D eigenvalue weighted by Gasteiger charge is -2.24. The van der Waals surface area contributed by atoms with Crippen LogP contribution in [-0.4, -0.2) is 28.4 Å². The average Bonchev–Trinajstić information content (AvgIpc) is 2.30. The van der Waals surface area contributed by atoms with Gasteiger partial charge in [-0.3, -0.25) is 9.59 Å². The van der Waals surface area contributed by atoms with Gasteiger partial charge in [0.2, 0.25) is 5.56 Å². The number of pyridine rings is 1. The molecule has 5 nitrogen and oxygen atoms in total. The van der Waals surface area contributed by atoms with Crippen molar-refractivity contribution in [3.05, 3.63) is 46.5 Å². The maximum Gasteiger partial charge on any atom is 0.259 e. The molecule has 0 aromatic carbocycles. The summed E-state index contributed by atoms with van der Waals surface area (Å²) in [5.74, 6) is -0.126. The molecule has 1 amide bonds. The van der Waals surface area contributed by atoms with Crippen molar-refractivity contribution in [2.75, 3.05) is 6.54 Å². The number of nitrogens with two attached hydrogens (primary N) is 1. The number of hydrogen-bond acceptors (Lipinski definition) is 3. The van der Waals surface area contributed by atoms with Crippen LogP contribution in [0.4, 0.5) is 0 Å². The molecule has 0 aliphatic carbocycles.